The second-order valence-corrected chi connectivity index (χ2v) is 4.80. The van der Waals surface area contributed by atoms with Crippen LogP contribution in [0.5, 0.6) is 0 Å². The molecule has 0 fully saturated rings. The lowest BCUT2D eigenvalue weighted by Crippen LogP contribution is -2.27. The Kier molecular flexibility index (Phi) is 4.44. The van der Waals surface area contributed by atoms with Crippen molar-refractivity contribution in [2.24, 2.45) is 5.73 Å². The van der Waals surface area contributed by atoms with Crippen LogP contribution in [-0.4, -0.2) is 21.4 Å². The van der Waals surface area contributed by atoms with E-state index in [4.69, 9.17) is 10.5 Å². The van der Waals surface area contributed by atoms with Crippen LogP contribution >= 0.6 is 0 Å². The van der Waals surface area contributed by atoms with Crippen molar-refractivity contribution in [3.8, 4) is 0 Å². The van der Waals surface area contributed by atoms with Gasteiger partial charge in [-0.05, 0) is 27.2 Å². The first kappa shape index (κ1) is 13.1. The van der Waals surface area contributed by atoms with Gasteiger partial charge in [0.25, 0.3) is 0 Å². The summed E-state index contributed by atoms with van der Waals surface area (Å²) in [5.74, 6) is 1.66. The van der Waals surface area contributed by atoms with Gasteiger partial charge < -0.3 is 15.0 Å². The largest absolute Gasteiger partial charge is 0.373 e. The van der Waals surface area contributed by atoms with Crippen molar-refractivity contribution in [2.75, 3.05) is 6.61 Å². The number of nitrogens with two attached hydrogens (primary N) is 1. The Bertz CT molecular complexity index is 327. The fourth-order valence-electron chi connectivity index (χ4n) is 1.66. The third-order valence-corrected chi connectivity index (χ3v) is 2.23. The minimum Gasteiger partial charge on any atom is -0.373 e. The summed E-state index contributed by atoms with van der Waals surface area (Å²) in [6.07, 6.45) is 1.01. The Morgan fingerprint density at radius 3 is 2.38 bits per heavy atom. The molecular weight excluding hydrogens is 204 g/mol. The molecule has 1 rings (SSSR count). The smallest absolute Gasteiger partial charge is 0.159 e. The molecule has 0 spiro atoms. The highest BCUT2D eigenvalue weighted by Gasteiger charge is 2.21. The Hall–Kier alpha value is -0.940. The van der Waals surface area contributed by atoms with Crippen LogP contribution in [0.15, 0.2) is 0 Å². The molecular formula is C11H22N4O. The van der Waals surface area contributed by atoms with Crippen LogP contribution in [0.2, 0.25) is 0 Å². The van der Waals surface area contributed by atoms with Crippen LogP contribution < -0.4 is 5.73 Å². The van der Waals surface area contributed by atoms with E-state index in [1.807, 2.05) is 0 Å². The van der Waals surface area contributed by atoms with Gasteiger partial charge >= 0.3 is 0 Å². The van der Waals surface area contributed by atoms with Gasteiger partial charge in [0.05, 0.1) is 6.54 Å². The molecule has 2 N–H and O–H groups in total. The molecule has 0 radical (unpaired) electrons. The second-order valence-electron chi connectivity index (χ2n) is 4.80. The molecule has 0 amide bonds. The Labute approximate surface area is 97.0 Å². The number of rotatable bonds is 5. The average Bonchev–Trinajstić information content (AvgIpc) is 2.61. The predicted molar refractivity (Wildman–Crippen MR) is 62.9 cm³/mol. The zero-order valence-electron chi connectivity index (χ0n) is 10.7. The molecule has 1 aromatic heterocycles. The quantitative estimate of drug-likeness (QED) is 0.771. The van der Waals surface area contributed by atoms with Crippen molar-refractivity contribution in [1.82, 2.24) is 14.8 Å². The number of nitrogens with zero attached hydrogens (tertiary/aromatic N) is 3. The van der Waals surface area contributed by atoms with E-state index >= 15 is 0 Å². The lowest BCUT2D eigenvalue weighted by atomic mass is 10.1. The molecule has 1 heterocycles. The lowest BCUT2D eigenvalue weighted by molar-refractivity contribution is 0.110. The van der Waals surface area contributed by atoms with Gasteiger partial charge in [-0.1, -0.05) is 6.92 Å². The summed E-state index contributed by atoms with van der Waals surface area (Å²) in [7, 11) is 0. The SMILES string of the molecule is CCCOCc1nnc(CN)n1C(C)(C)C. The first-order valence-electron chi connectivity index (χ1n) is 5.72. The molecule has 0 aliphatic heterocycles. The first-order chi connectivity index (χ1) is 7.50. The fraction of sp³-hybridized carbons (Fsp3) is 0.818. The van der Waals surface area contributed by atoms with Crippen molar-refractivity contribution in [3.63, 3.8) is 0 Å². The molecule has 16 heavy (non-hydrogen) atoms. The topological polar surface area (TPSA) is 66.0 Å². The van der Waals surface area contributed by atoms with E-state index in [1.54, 1.807) is 0 Å². The van der Waals surface area contributed by atoms with E-state index in [9.17, 15) is 0 Å². The highest BCUT2D eigenvalue weighted by molar-refractivity contribution is 5.00. The highest BCUT2D eigenvalue weighted by Crippen LogP contribution is 2.18. The van der Waals surface area contributed by atoms with Crippen molar-refractivity contribution in [1.29, 1.82) is 0 Å². The number of hydrogen-bond acceptors (Lipinski definition) is 4. The second kappa shape index (κ2) is 5.41. The summed E-state index contributed by atoms with van der Waals surface area (Å²) < 4.78 is 7.56. The van der Waals surface area contributed by atoms with Crippen LogP contribution in [0, 0.1) is 0 Å². The summed E-state index contributed by atoms with van der Waals surface area (Å²) in [6.45, 7) is 10.1. The molecule has 0 atom stereocenters. The Balaban J connectivity index is 2.88. The third kappa shape index (κ3) is 3.02. The van der Waals surface area contributed by atoms with Crippen LogP contribution in [-0.2, 0) is 23.4 Å². The molecule has 0 saturated heterocycles. The van der Waals surface area contributed by atoms with Gasteiger partial charge in [-0.15, -0.1) is 10.2 Å². The van der Waals surface area contributed by atoms with Crippen molar-refractivity contribution < 1.29 is 4.74 Å². The van der Waals surface area contributed by atoms with Gasteiger partial charge in [0.2, 0.25) is 0 Å². The van der Waals surface area contributed by atoms with Crippen LogP contribution in [0.25, 0.3) is 0 Å². The maximum Gasteiger partial charge on any atom is 0.159 e. The van der Waals surface area contributed by atoms with Gasteiger partial charge in [0.1, 0.15) is 12.4 Å². The predicted octanol–water partition coefficient (Wildman–Crippen LogP) is 1.42. The highest BCUT2D eigenvalue weighted by atomic mass is 16.5. The molecule has 1 aromatic rings. The normalized spacial score (nSPS) is 12.1. The molecule has 5 heteroatoms. The van der Waals surface area contributed by atoms with Crippen molar-refractivity contribution in [3.05, 3.63) is 11.6 Å². The van der Waals surface area contributed by atoms with Gasteiger partial charge in [-0.2, -0.15) is 0 Å². The van der Waals surface area contributed by atoms with Gasteiger partial charge in [0.15, 0.2) is 5.82 Å². The zero-order valence-corrected chi connectivity index (χ0v) is 10.7. The van der Waals surface area contributed by atoms with Gasteiger partial charge in [0, 0.05) is 12.1 Å². The van der Waals surface area contributed by atoms with E-state index in [1.165, 1.54) is 0 Å². The minimum atomic E-state index is -0.0664. The van der Waals surface area contributed by atoms with Crippen molar-refractivity contribution >= 4 is 0 Å². The Morgan fingerprint density at radius 2 is 1.88 bits per heavy atom. The summed E-state index contributed by atoms with van der Waals surface area (Å²) in [5, 5.41) is 8.22. The maximum absolute atomic E-state index is 5.65. The standard InChI is InChI=1S/C11H22N4O/c1-5-6-16-8-10-14-13-9(7-12)15(10)11(2,3)4/h5-8,12H2,1-4H3. The van der Waals surface area contributed by atoms with Gasteiger partial charge in [-0.3, -0.25) is 0 Å². The zero-order chi connectivity index (χ0) is 12.2. The molecule has 0 unspecified atom stereocenters. The van der Waals surface area contributed by atoms with E-state index in [2.05, 4.69) is 42.5 Å². The molecule has 0 saturated carbocycles. The third-order valence-electron chi connectivity index (χ3n) is 2.23. The lowest BCUT2D eigenvalue weighted by Gasteiger charge is -2.24. The fourth-order valence-corrected chi connectivity index (χ4v) is 1.66. The van der Waals surface area contributed by atoms with Crippen LogP contribution in [0.1, 0.15) is 45.8 Å². The molecule has 5 nitrogen and oxygen atoms in total. The summed E-state index contributed by atoms with van der Waals surface area (Å²) in [5.41, 5.74) is 5.58. The van der Waals surface area contributed by atoms with Crippen molar-refractivity contribution in [2.45, 2.75) is 52.8 Å². The first-order valence-corrected chi connectivity index (χ1v) is 5.72. The average molecular weight is 226 g/mol. The summed E-state index contributed by atoms with van der Waals surface area (Å²) >= 11 is 0. The van der Waals surface area contributed by atoms with E-state index < -0.39 is 0 Å². The van der Waals surface area contributed by atoms with E-state index in [0.717, 1.165) is 24.7 Å². The summed E-state index contributed by atoms with van der Waals surface area (Å²) in [6, 6.07) is 0. The number of ether oxygens (including phenoxy) is 1. The summed E-state index contributed by atoms with van der Waals surface area (Å²) in [4.78, 5) is 0. The molecule has 0 aromatic carbocycles. The maximum atomic E-state index is 5.65. The monoisotopic (exact) mass is 226 g/mol. The van der Waals surface area contributed by atoms with Crippen LogP contribution in [0.3, 0.4) is 0 Å². The molecule has 0 bridgehead atoms. The molecule has 0 aliphatic carbocycles. The molecule has 92 valence electrons. The van der Waals surface area contributed by atoms with Gasteiger partial charge in [-0.25, -0.2) is 0 Å². The minimum absolute atomic E-state index is 0.0664. The van der Waals surface area contributed by atoms with E-state index in [0.29, 0.717) is 13.2 Å². The van der Waals surface area contributed by atoms with Crippen LogP contribution in [0.4, 0.5) is 0 Å². The Morgan fingerprint density at radius 1 is 1.25 bits per heavy atom. The molecule has 0 aliphatic rings. The number of hydrogen-bond donors (Lipinski definition) is 1. The van der Waals surface area contributed by atoms with E-state index in [-0.39, 0.29) is 5.54 Å². The number of aromatic nitrogens is 3.